The number of rotatable bonds is 5. The fourth-order valence-corrected chi connectivity index (χ4v) is 1.26. The summed E-state index contributed by atoms with van der Waals surface area (Å²) in [5, 5.41) is 8.92. The van der Waals surface area contributed by atoms with Crippen LogP contribution in [0.1, 0.15) is 27.7 Å². The first-order valence-electron chi connectivity index (χ1n) is 5.60. The SMILES string of the molecule is C=C[C@@H](C(=O)O)N(CC(C)(F)F)C(=O)OC(C)(C)C. The van der Waals surface area contributed by atoms with Crippen molar-refractivity contribution in [3.63, 3.8) is 0 Å². The number of ether oxygens (including phenoxy) is 1. The predicted molar refractivity (Wildman–Crippen MR) is 65.2 cm³/mol. The summed E-state index contributed by atoms with van der Waals surface area (Å²) in [5.74, 6) is -4.70. The number of carboxylic acid groups (broad SMARTS) is 1. The summed E-state index contributed by atoms with van der Waals surface area (Å²) < 4.78 is 31.0. The monoisotopic (exact) mass is 279 g/mol. The minimum absolute atomic E-state index is 0.445. The predicted octanol–water partition coefficient (Wildman–Crippen LogP) is 2.52. The molecule has 0 aromatic heterocycles. The second-order valence-electron chi connectivity index (χ2n) is 5.20. The van der Waals surface area contributed by atoms with Crippen LogP contribution < -0.4 is 0 Å². The van der Waals surface area contributed by atoms with E-state index in [2.05, 4.69) is 6.58 Å². The van der Waals surface area contributed by atoms with Gasteiger partial charge in [-0.15, -0.1) is 6.58 Å². The molecule has 0 radical (unpaired) electrons. The van der Waals surface area contributed by atoms with E-state index in [1.165, 1.54) is 0 Å². The van der Waals surface area contributed by atoms with Crippen LogP contribution in [0.25, 0.3) is 0 Å². The van der Waals surface area contributed by atoms with E-state index in [0.717, 1.165) is 6.08 Å². The van der Waals surface area contributed by atoms with Crippen molar-refractivity contribution in [2.75, 3.05) is 6.54 Å². The Morgan fingerprint density at radius 3 is 2.11 bits per heavy atom. The zero-order valence-corrected chi connectivity index (χ0v) is 11.4. The molecule has 1 amide bonds. The number of carbonyl (C=O) groups is 2. The fraction of sp³-hybridized carbons (Fsp3) is 0.667. The van der Waals surface area contributed by atoms with Crippen LogP contribution in [0, 0.1) is 0 Å². The van der Waals surface area contributed by atoms with E-state index in [4.69, 9.17) is 9.84 Å². The molecule has 5 nitrogen and oxygen atoms in total. The highest BCUT2D eigenvalue weighted by Crippen LogP contribution is 2.19. The summed E-state index contributed by atoms with van der Waals surface area (Å²) >= 11 is 0. The average molecular weight is 279 g/mol. The molecular formula is C12H19F2NO4. The summed E-state index contributed by atoms with van der Waals surface area (Å²) in [6, 6.07) is -1.57. The Hall–Kier alpha value is -1.66. The third kappa shape index (κ3) is 6.73. The van der Waals surface area contributed by atoms with Crippen molar-refractivity contribution in [2.24, 2.45) is 0 Å². The Morgan fingerprint density at radius 2 is 1.84 bits per heavy atom. The van der Waals surface area contributed by atoms with Crippen LogP contribution in [0.3, 0.4) is 0 Å². The van der Waals surface area contributed by atoms with Gasteiger partial charge in [0.1, 0.15) is 5.60 Å². The lowest BCUT2D eigenvalue weighted by molar-refractivity contribution is -0.142. The van der Waals surface area contributed by atoms with Gasteiger partial charge in [-0.3, -0.25) is 4.90 Å². The third-order valence-corrected chi connectivity index (χ3v) is 1.89. The van der Waals surface area contributed by atoms with Gasteiger partial charge in [0.05, 0.1) is 6.54 Å². The van der Waals surface area contributed by atoms with E-state index in [9.17, 15) is 18.4 Å². The average Bonchev–Trinajstić information content (AvgIpc) is 2.11. The molecule has 0 saturated carbocycles. The van der Waals surface area contributed by atoms with E-state index in [1.54, 1.807) is 20.8 Å². The second kappa shape index (κ2) is 5.99. The highest BCUT2D eigenvalue weighted by molar-refractivity contribution is 5.82. The minimum atomic E-state index is -3.24. The van der Waals surface area contributed by atoms with Crippen LogP contribution in [-0.4, -0.2) is 46.2 Å². The van der Waals surface area contributed by atoms with Gasteiger partial charge in [0, 0.05) is 6.92 Å². The third-order valence-electron chi connectivity index (χ3n) is 1.89. The zero-order chi connectivity index (χ0) is 15.4. The summed E-state index contributed by atoms with van der Waals surface area (Å²) in [4.78, 5) is 23.2. The van der Waals surface area contributed by atoms with Crippen molar-refractivity contribution >= 4 is 12.1 Å². The smallest absolute Gasteiger partial charge is 0.411 e. The first kappa shape index (κ1) is 17.3. The Bertz CT molecular complexity index is 358. The highest BCUT2D eigenvalue weighted by Gasteiger charge is 2.37. The van der Waals surface area contributed by atoms with E-state index in [0.29, 0.717) is 11.8 Å². The van der Waals surface area contributed by atoms with Crippen LogP contribution in [0.2, 0.25) is 0 Å². The number of alkyl halides is 2. The van der Waals surface area contributed by atoms with Gasteiger partial charge in [-0.2, -0.15) is 0 Å². The fourth-order valence-electron chi connectivity index (χ4n) is 1.26. The van der Waals surface area contributed by atoms with E-state index >= 15 is 0 Å². The quantitative estimate of drug-likeness (QED) is 0.785. The second-order valence-corrected chi connectivity index (χ2v) is 5.20. The molecule has 0 aromatic carbocycles. The number of hydrogen-bond acceptors (Lipinski definition) is 3. The summed E-state index contributed by atoms with van der Waals surface area (Å²) in [5.41, 5.74) is -0.914. The van der Waals surface area contributed by atoms with Crippen LogP contribution in [0.4, 0.5) is 13.6 Å². The molecule has 0 aliphatic carbocycles. The molecule has 110 valence electrons. The van der Waals surface area contributed by atoms with Gasteiger partial charge in [0.2, 0.25) is 0 Å². The molecule has 0 heterocycles. The Balaban J connectivity index is 5.21. The molecule has 0 aliphatic heterocycles. The lowest BCUT2D eigenvalue weighted by Gasteiger charge is -2.31. The first-order chi connectivity index (χ1) is 8.37. The van der Waals surface area contributed by atoms with E-state index < -0.39 is 36.2 Å². The van der Waals surface area contributed by atoms with Gasteiger partial charge in [0.25, 0.3) is 5.92 Å². The number of amides is 1. The maximum absolute atomic E-state index is 13.0. The van der Waals surface area contributed by atoms with Crippen molar-refractivity contribution in [1.29, 1.82) is 0 Å². The van der Waals surface area contributed by atoms with E-state index in [-0.39, 0.29) is 0 Å². The zero-order valence-electron chi connectivity index (χ0n) is 11.4. The van der Waals surface area contributed by atoms with Crippen LogP contribution in [0.5, 0.6) is 0 Å². The van der Waals surface area contributed by atoms with Gasteiger partial charge >= 0.3 is 12.1 Å². The molecule has 0 saturated heterocycles. The molecule has 19 heavy (non-hydrogen) atoms. The molecule has 0 rings (SSSR count). The molecule has 7 heteroatoms. The highest BCUT2D eigenvalue weighted by atomic mass is 19.3. The number of hydrogen-bond donors (Lipinski definition) is 1. The molecule has 0 fully saturated rings. The molecule has 0 spiro atoms. The first-order valence-corrected chi connectivity index (χ1v) is 5.60. The Morgan fingerprint density at radius 1 is 1.37 bits per heavy atom. The number of carboxylic acids is 1. The lowest BCUT2D eigenvalue weighted by atomic mass is 10.2. The van der Waals surface area contributed by atoms with Crippen molar-refractivity contribution in [3.8, 4) is 0 Å². The van der Waals surface area contributed by atoms with Crippen LogP contribution in [0.15, 0.2) is 12.7 Å². The number of aliphatic carboxylic acids is 1. The van der Waals surface area contributed by atoms with Crippen molar-refractivity contribution in [3.05, 3.63) is 12.7 Å². The Labute approximate surface area is 110 Å². The maximum atomic E-state index is 13.0. The number of carbonyl (C=O) groups excluding carboxylic acids is 1. The molecule has 0 aromatic rings. The van der Waals surface area contributed by atoms with E-state index in [1.807, 2.05) is 0 Å². The largest absolute Gasteiger partial charge is 0.479 e. The van der Waals surface area contributed by atoms with Gasteiger partial charge in [0.15, 0.2) is 6.04 Å². The van der Waals surface area contributed by atoms with Crippen molar-refractivity contribution in [1.82, 2.24) is 4.90 Å². The minimum Gasteiger partial charge on any atom is -0.479 e. The van der Waals surface area contributed by atoms with Gasteiger partial charge in [-0.25, -0.2) is 18.4 Å². The van der Waals surface area contributed by atoms with Crippen LogP contribution in [-0.2, 0) is 9.53 Å². The Kier molecular flexibility index (Phi) is 5.46. The summed E-state index contributed by atoms with van der Waals surface area (Å²) in [7, 11) is 0. The van der Waals surface area contributed by atoms with Gasteiger partial charge < -0.3 is 9.84 Å². The van der Waals surface area contributed by atoms with Crippen molar-refractivity contribution in [2.45, 2.75) is 45.3 Å². The molecular weight excluding hydrogens is 260 g/mol. The molecule has 1 atom stereocenters. The summed E-state index contributed by atoms with van der Waals surface area (Å²) in [6.45, 7) is 7.42. The molecule has 0 unspecified atom stereocenters. The lowest BCUT2D eigenvalue weighted by Crippen LogP contribution is -2.50. The summed E-state index contributed by atoms with van der Waals surface area (Å²) in [6.07, 6.45) is -0.223. The maximum Gasteiger partial charge on any atom is 0.411 e. The van der Waals surface area contributed by atoms with Gasteiger partial charge in [-0.05, 0) is 20.8 Å². The van der Waals surface area contributed by atoms with Gasteiger partial charge in [-0.1, -0.05) is 6.08 Å². The van der Waals surface area contributed by atoms with Crippen LogP contribution >= 0.6 is 0 Å². The standard InChI is InChI=1S/C12H19F2NO4/c1-6-8(9(16)17)15(7-12(5,13)14)10(18)19-11(2,3)4/h6,8H,1,7H2,2-5H3,(H,16,17)/t8-/m0/s1. The normalized spacial score (nSPS) is 13.6. The number of nitrogens with zero attached hydrogens (tertiary/aromatic N) is 1. The number of halogens is 2. The van der Waals surface area contributed by atoms with Crippen molar-refractivity contribution < 1.29 is 28.2 Å². The molecule has 0 aliphatic rings. The molecule has 0 bridgehead atoms. The molecule has 1 N–H and O–H groups in total. The topological polar surface area (TPSA) is 66.8 Å².